The van der Waals surface area contributed by atoms with Gasteiger partial charge in [-0.15, -0.1) is 0 Å². The fraction of sp³-hybridized carbons (Fsp3) is 0.867. The Morgan fingerprint density at radius 2 is 1.61 bits per heavy atom. The molecule has 0 aromatic heterocycles. The van der Waals surface area contributed by atoms with Gasteiger partial charge in [-0.2, -0.15) is 0 Å². The first kappa shape index (κ1) is 14.3. The molecule has 0 saturated carbocycles. The molecule has 0 unspecified atom stereocenters. The molecule has 2 aliphatic rings. The van der Waals surface area contributed by atoms with Crippen LogP contribution in [-0.2, 0) is 9.16 Å². The first-order valence-electron chi connectivity index (χ1n) is 6.94. The summed E-state index contributed by atoms with van der Waals surface area (Å²) >= 11 is 0. The second kappa shape index (κ2) is 3.71. The molecule has 0 spiro atoms. The summed E-state index contributed by atoms with van der Waals surface area (Å²) in [7, 11) is -1.96. The maximum atomic E-state index is 6.74. The largest absolute Gasteiger partial charge is 0.402 e. The van der Waals surface area contributed by atoms with Gasteiger partial charge in [-0.05, 0) is 29.5 Å². The summed E-state index contributed by atoms with van der Waals surface area (Å²) in [6.45, 7) is 19.0. The molecule has 0 N–H and O–H groups in total. The van der Waals surface area contributed by atoms with Crippen LogP contribution in [0.1, 0.15) is 55.4 Å². The van der Waals surface area contributed by atoms with Crippen LogP contribution in [0.2, 0.25) is 10.1 Å². The predicted octanol–water partition coefficient (Wildman–Crippen LogP) is 4.21. The Bertz CT molecular complexity index is 368. The standard InChI is InChI=1S/C15H28O2Si/c1-13(2,3)18(14(4,5)6)10-11-9-16-15(7,8)12(11)17-18/h10,12H,9H2,1-8H3/t12-/m0/s1. The Balaban J connectivity index is 2.48. The molecule has 2 heterocycles. The van der Waals surface area contributed by atoms with Crippen molar-refractivity contribution in [2.75, 3.05) is 6.61 Å². The first-order valence-corrected chi connectivity index (χ1v) is 8.93. The summed E-state index contributed by atoms with van der Waals surface area (Å²) in [5.74, 6) is 0. The molecule has 1 saturated heterocycles. The van der Waals surface area contributed by atoms with Crippen LogP contribution in [0.5, 0.6) is 0 Å². The Morgan fingerprint density at radius 3 is 2.00 bits per heavy atom. The second-order valence-corrected chi connectivity index (χ2v) is 13.3. The third-order valence-corrected chi connectivity index (χ3v) is 10.3. The van der Waals surface area contributed by atoms with Gasteiger partial charge in [0, 0.05) is 0 Å². The van der Waals surface area contributed by atoms with Gasteiger partial charge in [0.1, 0.15) is 0 Å². The molecule has 0 radical (unpaired) electrons. The SMILES string of the molecule is CC1(C)OCC2=C[Si](C(C)(C)C)(C(C)(C)C)O[C@@H]21. The van der Waals surface area contributed by atoms with E-state index in [1.54, 1.807) is 0 Å². The van der Waals surface area contributed by atoms with Crippen molar-refractivity contribution in [2.45, 2.75) is 77.2 Å². The molecular weight excluding hydrogens is 240 g/mol. The zero-order chi connectivity index (χ0) is 14.0. The van der Waals surface area contributed by atoms with E-state index in [9.17, 15) is 0 Å². The highest BCUT2D eigenvalue weighted by atomic mass is 28.4. The molecule has 0 amide bonds. The summed E-state index contributed by atoms with van der Waals surface area (Å²) in [5.41, 5.74) is 3.71. The fourth-order valence-corrected chi connectivity index (χ4v) is 9.05. The van der Waals surface area contributed by atoms with Crippen molar-refractivity contribution in [2.24, 2.45) is 0 Å². The molecule has 0 aromatic carbocycles. The van der Waals surface area contributed by atoms with E-state index >= 15 is 0 Å². The van der Waals surface area contributed by atoms with Crippen molar-refractivity contribution in [3.63, 3.8) is 0 Å². The molecule has 1 atom stereocenters. The number of fused-ring (bicyclic) bond motifs is 1. The minimum Gasteiger partial charge on any atom is -0.402 e. The molecule has 18 heavy (non-hydrogen) atoms. The third-order valence-electron chi connectivity index (χ3n) is 4.50. The Hall–Kier alpha value is -0.123. The van der Waals surface area contributed by atoms with Crippen LogP contribution >= 0.6 is 0 Å². The average Bonchev–Trinajstić information content (AvgIpc) is 2.63. The van der Waals surface area contributed by atoms with Crippen molar-refractivity contribution >= 4 is 8.32 Å². The molecular formula is C15H28O2Si. The Kier molecular flexibility index (Phi) is 2.94. The van der Waals surface area contributed by atoms with Gasteiger partial charge in [0.25, 0.3) is 0 Å². The summed E-state index contributed by atoms with van der Waals surface area (Å²) in [6, 6.07) is 0. The van der Waals surface area contributed by atoms with E-state index in [1.165, 1.54) is 5.57 Å². The van der Waals surface area contributed by atoms with Gasteiger partial charge in [-0.1, -0.05) is 47.2 Å². The molecule has 1 fully saturated rings. The third kappa shape index (κ3) is 1.83. The van der Waals surface area contributed by atoms with Gasteiger partial charge in [0.2, 0.25) is 8.32 Å². The zero-order valence-corrected chi connectivity index (χ0v) is 14.2. The molecule has 0 bridgehead atoms. The monoisotopic (exact) mass is 268 g/mol. The number of hydrogen-bond donors (Lipinski definition) is 0. The van der Waals surface area contributed by atoms with Crippen LogP contribution in [0, 0.1) is 0 Å². The van der Waals surface area contributed by atoms with E-state index in [4.69, 9.17) is 9.16 Å². The second-order valence-electron chi connectivity index (χ2n) is 8.34. The highest BCUT2D eigenvalue weighted by Crippen LogP contribution is 2.58. The van der Waals surface area contributed by atoms with E-state index in [-0.39, 0.29) is 21.8 Å². The van der Waals surface area contributed by atoms with Gasteiger partial charge in [-0.25, -0.2) is 0 Å². The van der Waals surface area contributed by atoms with Crippen molar-refractivity contribution in [1.82, 2.24) is 0 Å². The highest BCUT2D eigenvalue weighted by Gasteiger charge is 2.61. The predicted molar refractivity (Wildman–Crippen MR) is 78.2 cm³/mol. The summed E-state index contributed by atoms with van der Waals surface area (Å²) in [5, 5.41) is 0.414. The van der Waals surface area contributed by atoms with Crippen LogP contribution < -0.4 is 0 Å². The molecule has 2 rings (SSSR count). The normalized spacial score (nSPS) is 30.2. The van der Waals surface area contributed by atoms with E-state index < -0.39 is 8.32 Å². The smallest absolute Gasteiger partial charge is 0.228 e. The van der Waals surface area contributed by atoms with E-state index in [2.05, 4.69) is 61.1 Å². The molecule has 0 aliphatic carbocycles. The maximum absolute atomic E-state index is 6.74. The molecule has 104 valence electrons. The minimum absolute atomic E-state index is 0.169. The molecule has 3 heteroatoms. The lowest BCUT2D eigenvalue weighted by molar-refractivity contribution is -0.0229. The van der Waals surface area contributed by atoms with Crippen LogP contribution in [0.15, 0.2) is 11.3 Å². The lowest BCUT2D eigenvalue weighted by Gasteiger charge is -2.48. The van der Waals surface area contributed by atoms with Crippen LogP contribution in [-0.4, -0.2) is 26.6 Å². The van der Waals surface area contributed by atoms with Crippen LogP contribution in [0.25, 0.3) is 0 Å². The lowest BCUT2D eigenvalue weighted by atomic mass is 10.00. The maximum Gasteiger partial charge on any atom is 0.228 e. The van der Waals surface area contributed by atoms with E-state index in [1.807, 2.05) is 0 Å². The highest BCUT2D eigenvalue weighted by molar-refractivity contribution is 6.84. The van der Waals surface area contributed by atoms with Gasteiger partial charge >= 0.3 is 0 Å². The number of rotatable bonds is 0. The number of hydrogen-bond acceptors (Lipinski definition) is 2. The van der Waals surface area contributed by atoms with Gasteiger partial charge in [0.05, 0.1) is 18.3 Å². The topological polar surface area (TPSA) is 18.5 Å². The van der Waals surface area contributed by atoms with Gasteiger partial charge in [-0.3, -0.25) is 0 Å². The molecule has 2 aliphatic heterocycles. The van der Waals surface area contributed by atoms with Gasteiger partial charge in [0.15, 0.2) is 0 Å². The summed E-state index contributed by atoms with van der Waals surface area (Å²) < 4.78 is 12.6. The van der Waals surface area contributed by atoms with Crippen molar-refractivity contribution in [3.05, 3.63) is 11.3 Å². The molecule has 2 nitrogen and oxygen atoms in total. The van der Waals surface area contributed by atoms with Crippen molar-refractivity contribution in [3.8, 4) is 0 Å². The summed E-state index contributed by atoms with van der Waals surface area (Å²) in [6.07, 6.45) is 0.169. The Labute approximate surface area is 113 Å². The summed E-state index contributed by atoms with van der Waals surface area (Å²) in [4.78, 5) is 0. The quantitative estimate of drug-likeness (QED) is 0.613. The van der Waals surface area contributed by atoms with Crippen molar-refractivity contribution in [1.29, 1.82) is 0 Å². The van der Waals surface area contributed by atoms with Gasteiger partial charge < -0.3 is 9.16 Å². The zero-order valence-electron chi connectivity index (χ0n) is 13.2. The first-order chi connectivity index (χ1) is 7.91. The van der Waals surface area contributed by atoms with E-state index in [0.29, 0.717) is 0 Å². The Morgan fingerprint density at radius 1 is 1.11 bits per heavy atom. The number of ether oxygens (including phenoxy) is 1. The van der Waals surface area contributed by atoms with Crippen LogP contribution in [0.4, 0.5) is 0 Å². The fourth-order valence-electron chi connectivity index (χ4n) is 3.59. The minimum atomic E-state index is -1.96. The average molecular weight is 268 g/mol. The lowest BCUT2D eigenvalue weighted by Crippen LogP contribution is -2.54. The van der Waals surface area contributed by atoms with E-state index in [0.717, 1.165) is 6.61 Å². The molecule has 0 aromatic rings. The van der Waals surface area contributed by atoms with Crippen LogP contribution in [0.3, 0.4) is 0 Å². The van der Waals surface area contributed by atoms with Crippen molar-refractivity contribution < 1.29 is 9.16 Å².